The van der Waals surface area contributed by atoms with Crippen LogP contribution in [-0.4, -0.2) is 73.5 Å². The SMILES string of the molecule is CC(C)CN1CCN(C(=O)OC[C@H]2CCCC(c3cccc(F)c3)N2S(=O)(=O)c2ccc(Cl)cc2)C(C)C1. The van der Waals surface area contributed by atoms with Crippen LogP contribution in [0.4, 0.5) is 9.18 Å². The molecule has 0 radical (unpaired) electrons. The number of carbonyl (C=O) groups excluding carboxylic acids is 1. The number of benzene rings is 2. The van der Waals surface area contributed by atoms with Crippen molar-refractivity contribution in [1.29, 1.82) is 0 Å². The number of piperidine rings is 1. The van der Waals surface area contributed by atoms with E-state index in [-0.39, 0.29) is 17.5 Å². The Hall–Kier alpha value is -2.20. The Bertz CT molecular complexity index is 1210. The molecule has 2 aromatic carbocycles. The van der Waals surface area contributed by atoms with Crippen LogP contribution in [0.1, 0.15) is 51.6 Å². The summed E-state index contributed by atoms with van der Waals surface area (Å²) in [6, 6.07) is 10.9. The lowest BCUT2D eigenvalue weighted by molar-refractivity contribution is 0.0306. The molecular weight excluding hydrogens is 529 g/mol. The Balaban J connectivity index is 1.54. The maximum atomic E-state index is 14.1. The van der Waals surface area contributed by atoms with Gasteiger partial charge in [-0.1, -0.05) is 37.6 Å². The molecule has 2 unspecified atom stereocenters. The zero-order valence-corrected chi connectivity index (χ0v) is 23.8. The van der Waals surface area contributed by atoms with Gasteiger partial charge >= 0.3 is 6.09 Å². The molecule has 208 valence electrons. The van der Waals surface area contributed by atoms with Gasteiger partial charge < -0.3 is 9.64 Å². The molecule has 2 aliphatic rings. The number of rotatable bonds is 7. The van der Waals surface area contributed by atoms with E-state index >= 15 is 0 Å². The minimum atomic E-state index is -4.00. The molecule has 2 fully saturated rings. The third-order valence-corrected chi connectivity index (χ3v) is 9.50. The van der Waals surface area contributed by atoms with Crippen LogP contribution < -0.4 is 0 Å². The molecule has 0 saturated carbocycles. The fourth-order valence-electron chi connectivity index (χ4n) is 5.57. The summed E-state index contributed by atoms with van der Waals surface area (Å²) in [6.07, 6.45) is 1.36. The van der Waals surface area contributed by atoms with Crippen molar-refractivity contribution in [3.63, 3.8) is 0 Å². The Morgan fingerprint density at radius 2 is 1.87 bits per heavy atom. The second-order valence-corrected chi connectivity index (χ2v) is 13.0. The molecule has 3 atom stereocenters. The molecule has 2 saturated heterocycles. The van der Waals surface area contributed by atoms with E-state index in [0.717, 1.165) is 26.1 Å². The maximum absolute atomic E-state index is 14.1. The molecule has 38 heavy (non-hydrogen) atoms. The van der Waals surface area contributed by atoms with E-state index in [9.17, 15) is 17.6 Å². The van der Waals surface area contributed by atoms with E-state index < -0.39 is 34.0 Å². The fraction of sp³-hybridized carbons (Fsp3) is 0.536. The first kappa shape index (κ1) is 28.8. The molecule has 4 rings (SSSR count). The Morgan fingerprint density at radius 1 is 1.13 bits per heavy atom. The quantitative estimate of drug-likeness (QED) is 0.439. The van der Waals surface area contributed by atoms with E-state index in [0.29, 0.717) is 35.9 Å². The molecule has 1 amide bonds. The van der Waals surface area contributed by atoms with E-state index in [1.54, 1.807) is 17.0 Å². The van der Waals surface area contributed by atoms with Crippen molar-refractivity contribution >= 4 is 27.7 Å². The fourth-order valence-corrected chi connectivity index (χ4v) is 7.54. The zero-order valence-electron chi connectivity index (χ0n) is 22.2. The lowest BCUT2D eigenvalue weighted by Crippen LogP contribution is -2.55. The second-order valence-electron chi connectivity index (χ2n) is 10.7. The summed E-state index contributed by atoms with van der Waals surface area (Å²) in [7, 11) is -4.00. The number of hydrogen-bond donors (Lipinski definition) is 0. The molecule has 10 heteroatoms. The van der Waals surface area contributed by atoms with E-state index in [1.165, 1.54) is 40.7 Å². The zero-order chi connectivity index (χ0) is 27.4. The van der Waals surface area contributed by atoms with Gasteiger partial charge in [0.15, 0.2) is 0 Å². The third kappa shape index (κ3) is 6.68. The highest BCUT2D eigenvalue weighted by Gasteiger charge is 2.42. The van der Waals surface area contributed by atoms with Gasteiger partial charge in [0, 0.05) is 37.2 Å². The summed E-state index contributed by atoms with van der Waals surface area (Å²) < 4.78 is 49.2. The molecule has 2 heterocycles. The highest BCUT2D eigenvalue weighted by atomic mass is 35.5. The third-order valence-electron chi connectivity index (χ3n) is 7.27. The van der Waals surface area contributed by atoms with Gasteiger partial charge in [0.1, 0.15) is 12.4 Å². The highest BCUT2D eigenvalue weighted by molar-refractivity contribution is 7.89. The molecule has 2 aromatic rings. The first-order valence-corrected chi connectivity index (χ1v) is 15.1. The highest BCUT2D eigenvalue weighted by Crippen LogP contribution is 2.39. The van der Waals surface area contributed by atoms with Crippen LogP contribution in [0.2, 0.25) is 5.02 Å². The molecule has 7 nitrogen and oxygen atoms in total. The van der Waals surface area contributed by atoms with Crippen LogP contribution in [0.25, 0.3) is 0 Å². The average molecular weight is 566 g/mol. The summed E-state index contributed by atoms with van der Waals surface area (Å²) >= 11 is 6.01. The van der Waals surface area contributed by atoms with Crippen molar-refractivity contribution in [3.05, 3.63) is 64.9 Å². The van der Waals surface area contributed by atoms with Crippen molar-refractivity contribution in [2.75, 3.05) is 32.8 Å². The number of hydrogen-bond acceptors (Lipinski definition) is 5. The summed E-state index contributed by atoms with van der Waals surface area (Å²) in [5.41, 5.74) is 0.577. The first-order chi connectivity index (χ1) is 18.1. The van der Waals surface area contributed by atoms with Gasteiger partial charge in [-0.2, -0.15) is 4.31 Å². The van der Waals surface area contributed by atoms with Crippen LogP contribution in [0, 0.1) is 11.7 Å². The van der Waals surface area contributed by atoms with Crippen molar-refractivity contribution in [1.82, 2.24) is 14.1 Å². The molecular formula is C28H37ClFN3O4S. The Labute approximate surface area is 230 Å². The first-order valence-electron chi connectivity index (χ1n) is 13.3. The van der Waals surface area contributed by atoms with Crippen molar-refractivity contribution in [3.8, 4) is 0 Å². The van der Waals surface area contributed by atoms with Crippen LogP contribution >= 0.6 is 11.6 Å². The number of halogens is 2. The summed E-state index contributed by atoms with van der Waals surface area (Å²) in [5, 5.41) is 0.428. The molecule has 0 N–H and O–H groups in total. The van der Waals surface area contributed by atoms with Gasteiger partial charge in [-0.15, -0.1) is 0 Å². The van der Waals surface area contributed by atoms with Gasteiger partial charge in [-0.25, -0.2) is 17.6 Å². The minimum Gasteiger partial charge on any atom is -0.448 e. The second kappa shape index (κ2) is 12.3. The summed E-state index contributed by atoms with van der Waals surface area (Å²) in [5.74, 6) is 0.122. The molecule has 0 aliphatic carbocycles. The van der Waals surface area contributed by atoms with Crippen LogP contribution in [0.5, 0.6) is 0 Å². The number of ether oxygens (including phenoxy) is 1. The van der Waals surface area contributed by atoms with Crippen molar-refractivity contribution in [2.45, 2.75) is 63.1 Å². The van der Waals surface area contributed by atoms with Gasteiger partial charge in [-0.3, -0.25) is 4.90 Å². The van der Waals surface area contributed by atoms with Crippen LogP contribution in [0.3, 0.4) is 0 Å². The van der Waals surface area contributed by atoms with Crippen LogP contribution in [0.15, 0.2) is 53.4 Å². The lowest BCUT2D eigenvalue weighted by atomic mass is 9.93. The number of nitrogens with zero attached hydrogens (tertiary/aromatic N) is 3. The minimum absolute atomic E-state index is 0.00435. The van der Waals surface area contributed by atoms with Crippen molar-refractivity contribution in [2.24, 2.45) is 5.92 Å². The van der Waals surface area contributed by atoms with Gasteiger partial charge in [-0.05, 0) is 74.1 Å². The van der Waals surface area contributed by atoms with E-state index in [2.05, 4.69) is 18.7 Å². The van der Waals surface area contributed by atoms with Gasteiger partial charge in [0.05, 0.1) is 17.0 Å². The predicted octanol–water partition coefficient (Wildman–Crippen LogP) is 5.56. The number of carbonyl (C=O) groups is 1. The molecule has 0 bridgehead atoms. The van der Waals surface area contributed by atoms with E-state index in [4.69, 9.17) is 16.3 Å². The monoisotopic (exact) mass is 565 g/mol. The maximum Gasteiger partial charge on any atom is 0.410 e. The Morgan fingerprint density at radius 3 is 2.53 bits per heavy atom. The largest absolute Gasteiger partial charge is 0.448 e. The van der Waals surface area contributed by atoms with E-state index in [1.807, 2.05) is 6.92 Å². The summed E-state index contributed by atoms with van der Waals surface area (Å²) in [4.78, 5) is 17.3. The number of amides is 1. The normalized spacial score (nSPS) is 23.5. The lowest BCUT2D eigenvalue weighted by Gasteiger charge is -2.42. The van der Waals surface area contributed by atoms with Crippen LogP contribution in [-0.2, 0) is 14.8 Å². The van der Waals surface area contributed by atoms with Gasteiger partial charge in [0.25, 0.3) is 0 Å². The predicted molar refractivity (Wildman–Crippen MR) is 146 cm³/mol. The van der Waals surface area contributed by atoms with Gasteiger partial charge in [0.2, 0.25) is 10.0 Å². The van der Waals surface area contributed by atoms with Crippen molar-refractivity contribution < 1.29 is 22.3 Å². The average Bonchev–Trinajstić information content (AvgIpc) is 2.87. The molecule has 0 spiro atoms. The topological polar surface area (TPSA) is 70.2 Å². The Kier molecular flexibility index (Phi) is 9.34. The smallest absolute Gasteiger partial charge is 0.410 e. The number of sulfonamides is 1. The standard InChI is InChI=1S/C28H37ClFN3O4S/c1-20(2)17-31-14-15-32(21(3)18-31)28(34)37-19-25-8-5-9-27(22-6-4-7-24(30)16-22)33(25)38(35,36)26-12-10-23(29)11-13-26/h4,6-7,10-13,16,20-21,25,27H,5,8-9,14-15,17-19H2,1-3H3/t21?,25-,27?/m1/s1. The molecule has 0 aromatic heterocycles. The number of piperazine rings is 1. The molecule has 2 aliphatic heterocycles. The summed E-state index contributed by atoms with van der Waals surface area (Å²) in [6.45, 7) is 9.38.